The highest BCUT2D eigenvalue weighted by molar-refractivity contribution is 6.51. The van der Waals surface area contributed by atoms with E-state index in [1.165, 1.54) is 38.5 Å². The van der Waals surface area contributed by atoms with Crippen LogP contribution in [0.2, 0.25) is 5.16 Å². The molecule has 0 aromatic heterocycles. The van der Waals surface area contributed by atoms with E-state index in [9.17, 15) is 0 Å². The normalized spacial score (nSPS) is 14.8. The molecule has 0 radical (unpaired) electrons. The molecule has 0 aliphatic rings. The Bertz CT molecular complexity index is 163. The van der Waals surface area contributed by atoms with Gasteiger partial charge in [0.05, 0.1) is 0 Å². The van der Waals surface area contributed by atoms with Crippen molar-refractivity contribution in [3.05, 3.63) is 0 Å². The summed E-state index contributed by atoms with van der Waals surface area (Å²) in [4.78, 5) is 0. The SMILES string of the molecule is CCCCCCCC([SiH2]OC(C)C)[SiH2]OC(C)C. The van der Waals surface area contributed by atoms with Crippen LogP contribution in [-0.4, -0.2) is 31.7 Å². The Balaban J connectivity index is 3.74. The van der Waals surface area contributed by atoms with Crippen molar-refractivity contribution in [1.29, 1.82) is 0 Å². The lowest BCUT2D eigenvalue weighted by Gasteiger charge is -2.19. The summed E-state index contributed by atoms with van der Waals surface area (Å²) in [5, 5.41) is 0.844. The van der Waals surface area contributed by atoms with E-state index in [0.29, 0.717) is 12.2 Å². The van der Waals surface area contributed by atoms with Crippen molar-refractivity contribution in [2.75, 3.05) is 0 Å². The molecule has 0 aliphatic heterocycles. The van der Waals surface area contributed by atoms with Crippen LogP contribution in [0.15, 0.2) is 0 Å². The highest BCUT2D eigenvalue weighted by atomic mass is 28.3. The lowest BCUT2D eigenvalue weighted by molar-refractivity contribution is 0.240. The molecule has 0 fully saturated rings. The lowest BCUT2D eigenvalue weighted by Crippen LogP contribution is -2.22. The largest absolute Gasteiger partial charge is 0.422 e. The Morgan fingerprint density at radius 3 is 1.72 bits per heavy atom. The average molecular weight is 291 g/mol. The molecule has 0 aliphatic carbocycles. The van der Waals surface area contributed by atoms with Crippen molar-refractivity contribution in [2.45, 2.75) is 90.5 Å². The van der Waals surface area contributed by atoms with E-state index < -0.39 is 0 Å². The Labute approximate surface area is 119 Å². The van der Waals surface area contributed by atoms with E-state index in [1.54, 1.807) is 0 Å². The van der Waals surface area contributed by atoms with Crippen molar-refractivity contribution in [3.8, 4) is 0 Å². The van der Waals surface area contributed by atoms with Crippen molar-refractivity contribution in [1.82, 2.24) is 0 Å². The van der Waals surface area contributed by atoms with E-state index in [0.717, 1.165) is 5.16 Å². The van der Waals surface area contributed by atoms with E-state index in [4.69, 9.17) is 8.85 Å². The fraction of sp³-hybridized carbons (Fsp3) is 1.00. The maximum Gasteiger partial charge on any atom is 0.164 e. The Morgan fingerprint density at radius 2 is 1.28 bits per heavy atom. The topological polar surface area (TPSA) is 18.5 Å². The monoisotopic (exact) mass is 290 g/mol. The maximum atomic E-state index is 5.91. The van der Waals surface area contributed by atoms with Gasteiger partial charge in [0.2, 0.25) is 0 Å². The van der Waals surface area contributed by atoms with Crippen molar-refractivity contribution in [2.24, 2.45) is 0 Å². The fourth-order valence-electron chi connectivity index (χ4n) is 1.91. The second-order valence-corrected chi connectivity index (χ2v) is 10.6. The predicted molar refractivity (Wildman–Crippen MR) is 86.7 cm³/mol. The molecule has 0 bridgehead atoms. The average Bonchev–Trinajstić information content (AvgIpc) is 2.30. The molecule has 0 amide bonds. The van der Waals surface area contributed by atoms with Gasteiger partial charge in [-0.3, -0.25) is 0 Å². The van der Waals surface area contributed by atoms with E-state index in [2.05, 4.69) is 34.6 Å². The minimum Gasteiger partial charge on any atom is -0.422 e. The van der Waals surface area contributed by atoms with Gasteiger partial charge in [-0.15, -0.1) is 0 Å². The molecule has 0 saturated carbocycles. The van der Waals surface area contributed by atoms with Gasteiger partial charge in [-0.25, -0.2) is 0 Å². The van der Waals surface area contributed by atoms with Crippen molar-refractivity contribution in [3.63, 3.8) is 0 Å². The van der Waals surface area contributed by atoms with Crippen LogP contribution in [0.5, 0.6) is 0 Å². The third-order valence-electron chi connectivity index (χ3n) is 3.05. The molecule has 0 heterocycles. The lowest BCUT2D eigenvalue weighted by atomic mass is 10.1. The minimum atomic E-state index is -0.368. The second-order valence-electron chi connectivity index (χ2n) is 5.83. The van der Waals surface area contributed by atoms with Gasteiger partial charge in [-0.1, -0.05) is 45.4 Å². The molecular weight excluding hydrogens is 256 g/mol. The first kappa shape index (κ1) is 18.4. The van der Waals surface area contributed by atoms with Gasteiger partial charge in [0, 0.05) is 12.2 Å². The summed E-state index contributed by atoms with van der Waals surface area (Å²) in [6.07, 6.45) is 9.10. The van der Waals surface area contributed by atoms with E-state index in [1.807, 2.05) is 0 Å². The van der Waals surface area contributed by atoms with Crippen LogP contribution >= 0.6 is 0 Å². The molecule has 0 spiro atoms. The van der Waals surface area contributed by atoms with Crippen LogP contribution in [0.25, 0.3) is 0 Å². The molecule has 110 valence electrons. The number of hydrogen-bond donors (Lipinski definition) is 0. The summed E-state index contributed by atoms with van der Waals surface area (Å²) < 4.78 is 11.8. The molecule has 0 unspecified atom stereocenters. The number of hydrogen-bond acceptors (Lipinski definition) is 2. The second kappa shape index (κ2) is 12.4. The number of rotatable bonds is 12. The first-order chi connectivity index (χ1) is 8.56. The zero-order chi connectivity index (χ0) is 13.8. The van der Waals surface area contributed by atoms with Crippen molar-refractivity contribution >= 4 is 19.5 Å². The van der Waals surface area contributed by atoms with E-state index >= 15 is 0 Å². The third-order valence-corrected chi connectivity index (χ3v) is 7.94. The summed E-state index contributed by atoms with van der Waals surface area (Å²) >= 11 is 0. The summed E-state index contributed by atoms with van der Waals surface area (Å²) in [6.45, 7) is 10.9. The summed E-state index contributed by atoms with van der Waals surface area (Å²) in [5.41, 5.74) is 0. The highest BCUT2D eigenvalue weighted by Gasteiger charge is 2.13. The van der Waals surface area contributed by atoms with Gasteiger partial charge >= 0.3 is 0 Å². The molecule has 18 heavy (non-hydrogen) atoms. The van der Waals surface area contributed by atoms with Crippen LogP contribution in [-0.2, 0) is 8.85 Å². The van der Waals surface area contributed by atoms with Crippen LogP contribution in [0.4, 0.5) is 0 Å². The Kier molecular flexibility index (Phi) is 12.6. The van der Waals surface area contributed by atoms with E-state index in [-0.39, 0.29) is 19.5 Å². The molecule has 0 rings (SSSR count). The molecular formula is C14H34O2Si2. The molecule has 0 aromatic carbocycles. The fourth-order valence-corrected chi connectivity index (χ4v) is 5.33. The van der Waals surface area contributed by atoms with Gasteiger partial charge in [0.25, 0.3) is 0 Å². The smallest absolute Gasteiger partial charge is 0.164 e. The van der Waals surface area contributed by atoms with Crippen LogP contribution in [0, 0.1) is 0 Å². The summed E-state index contributed by atoms with van der Waals surface area (Å²) in [6, 6.07) is 0. The molecule has 0 atom stereocenters. The molecule has 4 heteroatoms. The van der Waals surface area contributed by atoms with Gasteiger partial charge in [-0.2, -0.15) is 0 Å². The first-order valence-corrected chi connectivity index (χ1v) is 10.6. The molecule has 0 aromatic rings. The molecule has 0 N–H and O–H groups in total. The summed E-state index contributed by atoms with van der Waals surface area (Å²) in [5.74, 6) is 0. The first-order valence-electron chi connectivity index (χ1n) is 7.79. The highest BCUT2D eigenvalue weighted by Crippen LogP contribution is 2.16. The van der Waals surface area contributed by atoms with Gasteiger partial charge < -0.3 is 8.85 Å². The predicted octanol–water partition coefficient (Wildman–Crippen LogP) is 3.11. The summed E-state index contributed by atoms with van der Waals surface area (Å²) in [7, 11) is -0.736. The van der Waals surface area contributed by atoms with Crippen molar-refractivity contribution < 1.29 is 8.85 Å². The minimum absolute atomic E-state index is 0.368. The Morgan fingerprint density at radius 1 is 0.778 bits per heavy atom. The van der Waals surface area contributed by atoms with Crippen LogP contribution in [0.1, 0.15) is 73.1 Å². The zero-order valence-corrected chi connectivity index (χ0v) is 16.0. The van der Waals surface area contributed by atoms with Crippen LogP contribution in [0.3, 0.4) is 0 Å². The van der Waals surface area contributed by atoms with Gasteiger partial charge in [0.15, 0.2) is 19.5 Å². The molecule has 0 saturated heterocycles. The standard InChI is InChI=1S/C14H34O2Si2/c1-6-7-8-9-10-11-14(17-15-12(2)3)18-16-13(4)5/h12-14H,6-11,17-18H2,1-5H3. The maximum absolute atomic E-state index is 5.91. The third kappa shape index (κ3) is 12.8. The van der Waals surface area contributed by atoms with Crippen LogP contribution < -0.4 is 0 Å². The Hall–Kier alpha value is 0.354. The molecule has 2 nitrogen and oxygen atoms in total. The van der Waals surface area contributed by atoms with Gasteiger partial charge in [0.1, 0.15) is 0 Å². The zero-order valence-electron chi connectivity index (χ0n) is 13.2. The van der Waals surface area contributed by atoms with Gasteiger partial charge in [-0.05, 0) is 32.9 Å². The number of unbranched alkanes of at least 4 members (excludes halogenated alkanes) is 4. The quantitative estimate of drug-likeness (QED) is 0.406.